The zero-order valence-corrected chi connectivity index (χ0v) is 16.4. The van der Waals surface area contributed by atoms with Crippen molar-refractivity contribution in [2.75, 3.05) is 5.32 Å². The van der Waals surface area contributed by atoms with Gasteiger partial charge in [0.15, 0.2) is 0 Å². The molecule has 2 aromatic rings. The fourth-order valence-electron chi connectivity index (χ4n) is 2.16. The van der Waals surface area contributed by atoms with Gasteiger partial charge in [0.25, 0.3) is 5.91 Å². The van der Waals surface area contributed by atoms with Crippen molar-refractivity contribution < 1.29 is 4.79 Å². The van der Waals surface area contributed by atoms with E-state index in [1.165, 1.54) is 3.57 Å². The van der Waals surface area contributed by atoms with Crippen LogP contribution in [0.2, 0.25) is 5.02 Å². The largest absolute Gasteiger partial charge is 0.373 e. The maximum atomic E-state index is 12.3. The number of nitrogens with zero attached hydrogens (tertiary/aromatic N) is 1. The number of carbonyl (C=O) groups excluding carboxylic acids is 1. The number of aryl methyl sites for hydroxylation is 1. The lowest BCUT2D eigenvalue weighted by atomic mass is 10.1. The van der Waals surface area contributed by atoms with Crippen molar-refractivity contribution in [1.82, 2.24) is 5.43 Å². The van der Waals surface area contributed by atoms with E-state index in [4.69, 9.17) is 11.6 Å². The molecule has 0 aliphatic rings. The summed E-state index contributed by atoms with van der Waals surface area (Å²) < 4.78 is 1.17. The molecule has 6 heteroatoms. The molecule has 0 aromatic heterocycles. The molecule has 0 fully saturated rings. The van der Waals surface area contributed by atoms with E-state index >= 15 is 0 Å². The summed E-state index contributed by atoms with van der Waals surface area (Å²) in [6.45, 7) is 3.98. The van der Waals surface area contributed by atoms with Gasteiger partial charge in [-0.1, -0.05) is 30.7 Å². The third kappa shape index (κ3) is 5.49. The summed E-state index contributed by atoms with van der Waals surface area (Å²) in [4.78, 5) is 12.3. The van der Waals surface area contributed by atoms with Crippen molar-refractivity contribution in [2.24, 2.45) is 5.10 Å². The second-order valence-corrected chi connectivity index (χ2v) is 7.04. The van der Waals surface area contributed by atoms with Crippen molar-refractivity contribution >= 4 is 52.0 Å². The summed E-state index contributed by atoms with van der Waals surface area (Å²) in [5, 5.41) is 7.91. The van der Waals surface area contributed by atoms with Crippen LogP contribution in [0, 0.1) is 10.5 Å². The molecule has 0 bridgehead atoms. The van der Waals surface area contributed by atoms with Gasteiger partial charge in [-0.3, -0.25) is 4.79 Å². The first-order chi connectivity index (χ1) is 11.5. The Morgan fingerprint density at radius 3 is 2.79 bits per heavy atom. The van der Waals surface area contributed by atoms with Crippen LogP contribution >= 0.6 is 34.2 Å². The maximum absolute atomic E-state index is 12.3. The molecule has 2 N–H and O–H groups in total. The van der Waals surface area contributed by atoms with Crippen LogP contribution < -0.4 is 10.7 Å². The fourth-order valence-corrected chi connectivity index (χ4v) is 3.01. The lowest BCUT2D eigenvalue weighted by molar-refractivity contribution is -0.121. The lowest BCUT2D eigenvalue weighted by Gasteiger charge is -2.18. The molecule has 1 unspecified atom stereocenters. The number of hydrogen-bond acceptors (Lipinski definition) is 3. The van der Waals surface area contributed by atoms with Crippen LogP contribution in [0.15, 0.2) is 47.6 Å². The molecule has 0 radical (unpaired) electrons. The number of benzene rings is 2. The Balaban J connectivity index is 1.98. The van der Waals surface area contributed by atoms with E-state index in [9.17, 15) is 4.79 Å². The summed E-state index contributed by atoms with van der Waals surface area (Å²) in [6, 6.07) is 13.0. The highest BCUT2D eigenvalue weighted by Gasteiger charge is 2.16. The van der Waals surface area contributed by atoms with Gasteiger partial charge < -0.3 is 5.32 Å². The second-order valence-electron chi connectivity index (χ2n) is 5.35. The minimum Gasteiger partial charge on any atom is -0.373 e. The first-order valence-electron chi connectivity index (χ1n) is 7.60. The van der Waals surface area contributed by atoms with E-state index in [2.05, 4.69) is 44.5 Å². The van der Waals surface area contributed by atoms with Crippen molar-refractivity contribution in [3.05, 3.63) is 62.2 Å². The first-order valence-corrected chi connectivity index (χ1v) is 9.06. The zero-order chi connectivity index (χ0) is 17.5. The highest BCUT2D eigenvalue weighted by atomic mass is 127. The van der Waals surface area contributed by atoms with Gasteiger partial charge in [0.05, 0.1) is 6.21 Å². The van der Waals surface area contributed by atoms with Gasteiger partial charge in [0.1, 0.15) is 6.04 Å². The third-order valence-corrected chi connectivity index (χ3v) is 4.39. The Hall–Kier alpha value is -1.60. The minimum atomic E-state index is -0.347. The molecule has 1 atom stereocenters. The average molecular weight is 456 g/mol. The van der Waals surface area contributed by atoms with Gasteiger partial charge in [-0.05, 0) is 77.4 Å². The molecule has 0 aliphatic heterocycles. The maximum Gasteiger partial charge on any atom is 0.262 e. The van der Waals surface area contributed by atoms with Gasteiger partial charge >= 0.3 is 0 Å². The van der Waals surface area contributed by atoms with Gasteiger partial charge in [-0.25, -0.2) is 5.43 Å². The van der Waals surface area contributed by atoms with Crippen molar-refractivity contribution in [3.8, 4) is 0 Å². The molecule has 0 spiro atoms. The highest BCUT2D eigenvalue weighted by Crippen LogP contribution is 2.19. The summed E-state index contributed by atoms with van der Waals surface area (Å²) >= 11 is 8.18. The molecule has 1 amide bonds. The first kappa shape index (κ1) is 18.7. The molecule has 24 heavy (non-hydrogen) atoms. The second kappa shape index (κ2) is 9.03. The topological polar surface area (TPSA) is 53.5 Å². The Kier molecular flexibility index (Phi) is 7.05. The third-order valence-electron chi connectivity index (χ3n) is 3.48. The number of hydrogen-bond donors (Lipinski definition) is 2. The SMILES string of the molecule is CCC(Nc1ccc(I)cc1C)C(=O)N/N=C/c1cccc(Cl)c1. The number of carbonyl (C=O) groups is 1. The van der Waals surface area contributed by atoms with Gasteiger partial charge in [0, 0.05) is 14.3 Å². The average Bonchev–Trinajstić information content (AvgIpc) is 2.54. The quantitative estimate of drug-likeness (QED) is 0.380. The molecule has 2 aromatic carbocycles. The van der Waals surface area contributed by atoms with Crippen LogP contribution in [0.5, 0.6) is 0 Å². The van der Waals surface area contributed by atoms with Crippen LogP contribution in [0.25, 0.3) is 0 Å². The van der Waals surface area contributed by atoms with E-state index in [0.29, 0.717) is 11.4 Å². The highest BCUT2D eigenvalue weighted by molar-refractivity contribution is 14.1. The minimum absolute atomic E-state index is 0.172. The van der Waals surface area contributed by atoms with E-state index in [-0.39, 0.29) is 11.9 Å². The number of amides is 1. The summed E-state index contributed by atoms with van der Waals surface area (Å²) in [7, 11) is 0. The van der Waals surface area contributed by atoms with E-state index < -0.39 is 0 Å². The molecular formula is C18H19ClIN3O. The number of rotatable bonds is 6. The molecule has 0 saturated heterocycles. The smallest absolute Gasteiger partial charge is 0.262 e. The summed E-state index contributed by atoms with van der Waals surface area (Å²) in [5.74, 6) is -0.172. The van der Waals surface area contributed by atoms with Gasteiger partial charge in [0.2, 0.25) is 0 Å². The monoisotopic (exact) mass is 455 g/mol. The Labute approximate surface area is 160 Å². The molecule has 2 rings (SSSR count). The zero-order valence-electron chi connectivity index (χ0n) is 13.5. The molecule has 0 heterocycles. The van der Waals surface area contributed by atoms with E-state index in [1.54, 1.807) is 18.3 Å². The molecule has 126 valence electrons. The Morgan fingerprint density at radius 1 is 1.33 bits per heavy atom. The van der Waals surface area contributed by atoms with Crippen molar-refractivity contribution in [2.45, 2.75) is 26.3 Å². The van der Waals surface area contributed by atoms with Crippen LogP contribution in [0.4, 0.5) is 5.69 Å². The molecule has 0 aliphatic carbocycles. The van der Waals surface area contributed by atoms with Crippen LogP contribution in [0.1, 0.15) is 24.5 Å². The normalized spacial score (nSPS) is 12.2. The van der Waals surface area contributed by atoms with Crippen molar-refractivity contribution in [1.29, 1.82) is 0 Å². The fraction of sp³-hybridized carbons (Fsp3) is 0.222. The summed E-state index contributed by atoms with van der Waals surface area (Å²) in [5.41, 5.74) is 5.47. The lowest BCUT2D eigenvalue weighted by Crippen LogP contribution is -2.37. The predicted octanol–water partition coefficient (Wildman–Crippen LogP) is 4.59. The van der Waals surface area contributed by atoms with Crippen LogP contribution in [0.3, 0.4) is 0 Å². The van der Waals surface area contributed by atoms with Crippen molar-refractivity contribution in [3.63, 3.8) is 0 Å². The van der Waals surface area contributed by atoms with E-state index in [1.807, 2.05) is 38.1 Å². The van der Waals surface area contributed by atoms with Gasteiger partial charge in [-0.15, -0.1) is 0 Å². The molecule has 0 saturated carbocycles. The molecular weight excluding hydrogens is 437 g/mol. The Morgan fingerprint density at radius 2 is 2.12 bits per heavy atom. The molecule has 4 nitrogen and oxygen atoms in total. The predicted molar refractivity (Wildman–Crippen MR) is 109 cm³/mol. The van der Waals surface area contributed by atoms with E-state index in [0.717, 1.165) is 16.8 Å². The van der Waals surface area contributed by atoms with Gasteiger partial charge in [-0.2, -0.15) is 5.10 Å². The summed E-state index contributed by atoms with van der Waals surface area (Å²) in [6.07, 6.45) is 2.23. The Bertz CT molecular complexity index is 749. The number of halogens is 2. The standard InChI is InChI=1S/C18H19ClIN3O/c1-3-16(22-17-8-7-15(20)9-12(17)2)18(24)23-21-11-13-5-4-6-14(19)10-13/h4-11,16,22H,3H2,1-2H3,(H,23,24)/b21-11+. The van der Waals surface area contributed by atoms with Crippen LogP contribution in [-0.2, 0) is 4.79 Å². The number of nitrogens with one attached hydrogen (secondary N) is 2. The van der Waals surface area contributed by atoms with Crippen LogP contribution in [-0.4, -0.2) is 18.2 Å². The number of anilines is 1. The number of hydrazone groups is 1.